The molecule has 0 saturated heterocycles. The van der Waals surface area contributed by atoms with Gasteiger partial charge in [-0.1, -0.05) is 30.3 Å². The molecule has 0 unspecified atom stereocenters. The van der Waals surface area contributed by atoms with Crippen LogP contribution in [0.5, 0.6) is 11.5 Å². The Morgan fingerprint density at radius 1 is 1.06 bits per heavy atom. The third-order valence-electron chi connectivity index (χ3n) is 4.77. The first-order chi connectivity index (χ1) is 16.9. The Bertz CT molecular complexity index is 1300. The molecule has 4 rings (SSSR count). The molecule has 1 aromatic heterocycles. The number of hydrogen-bond acceptors (Lipinski definition) is 10. The number of thiophene rings is 1. The number of hydrogen-bond donors (Lipinski definition) is 1. The number of nitro benzene ring substituents is 1. The van der Waals surface area contributed by atoms with Crippen molar-refractivity contribution in [1.29, 1.82) is 0 Å². The van der Waals surface area contributed by atoms with Crippen molar-refractivity contribution < 1.29 is 38.3 Å². The van der Waals surface area contributed by atoms with Gasteiger partial charge in [0.05, 0.1) is 23.3 Å². The van der Waals surface area contributed by atoms with Gasteiger partial charge in [0.2, 0.25) is 6.79 Å². The highest BCUT2D eigenvalue weighted by Gasteiger charge is 2.29. The van der Waals surface area contributed by atoms with Crippen LogP contribution in [0.3, 0.4) is 0 Å². The molecule has 11 nitrogen and oxygen atoms in total. The fourth-order valence-electron chi connectivity index (χ4n) is 3.22. The van der Waals surface area contributed by atoms with Gasteiger partial charge >= 0.3 is 11.9 Å². The zero-order valence-electron chi connectivity index (χ0n) is 18.3. The van der Waals surface area contributed by atoms with Gasteiger partial charge in [0.25, 0.3) is 11.6 Å². The van der Waals surface area contributed by atoms with Gasteiger partial charge in [0.15, 0.2) is 18.1 Å². The summed E-state index contributed by atoms with van der Waals surface area (Å²) >= 11 is 1.14. The van der Waals surface area contributed by atoms with Crippen LogP contribution in [-0.2, 0) is 14.3 Å². The maximum absolute atomic E-state index is 12.5. The quantitative estimate of drug-likeness (QED) is 0.277. The number of carbonyl (C=O) groups is 3. The Labute approximate surface area is 202 Å². The Hall–Kier alpha value is -4.45. The molecule has 2 heterocycles. The number of nitrogens with zero attached hydrogens (tertiary/aromatic N) is 1. The Kier molecular flexibility index (Phi) is 6.92. The lowest BCUT2D eigenvalue weighted by Crippen LogP contribution is -2.22. The lowest BCUT2D eigenvalue weighted by molar-refractivity contribution is -0.385. The van der Waals surface area contributed by atoms with Gasteiger partial charge in [-0.05, 0) is 18.6 Å². The molecule has 0 atom stereocenters. The summed E-state index contributed by atoms with van der Waals surface area (Å²) < 4.78 is 20.3. The van der Waals surface area contributed by atoms with Crippen molar-refractivity contribution in [2.24, 2.45) is 0 Å². The first-order valence-corrected chi connectivity index (χ1v) is 11.1. The van der Waals surface area contributed by atoms with E-state index in [0.717, 1.165) is 33.9 Å². The molecule has 180 valence electrons. The Morgan fingerprint density at radius 3 is 2.46 bits per heavy atom. The van der Waals surface area contributed by atoms with Crippen LogP contribution < -0.4 is 14.8 Å². The second-order valence-corrected chi connectivity index (χ2v) is 8.10. The highest BCUT2D eigenvalue weighted by atomic mass is 32.1. The molecule has 2 aromatic carbocycles. The summed E-state index contributed by atoms with van der Waals surface area (Å²) in [4.78, 5) is 48.9. The molecule has 0 aliphatic carbocycles. The van der Waals surface area contributed by atoms with Crippen LogP contribution in [0.15, 0.2) is 48.5 Å². The van der Waals surface area contributed by atoms with E-state index in [4.69, 9.17) is 18.9 Å². The van der Waals surface area contributed by atoms with Crippen LogP contribution in [0.1, 0.15) is 27.0 Å². The summed E-state index contributed by atoms with van der Waals surface area (Å²) in [5.74, 6) is -2.17. The largest absolute Gasteiger partial charge is 0.462 e. The number of benzene rings is 2. The van der Waals surface area contributed by atoms with Crippen molar-refractivity contribution in [3.05, 3.63) is 69.1 Å². The summed E-state index contributed by atoms with van der Waals surface area (Å²) in [6.45, 7) is 0.929. The van der Waals surface area contributed by atoms with Gasteiger partial charge < -0.3 is 24.3 Å². The lowest BCUT2D eigenvalue weighted by atomic mass is 10.1. The van der Waals surface area contributed by atoms with Crippen LogP contribution in [0.4, 0.5) is 11.4 Å². The summed E-state index contributed by atoms with van der Waals surface area (Å²) in [7, 11) is 0. The highest BCUT2D eigenvalue weighted by molar-refractivity contribution is 7.18. The van der Waals surface area contributed by atoms with Gasteiger partial charge in [-0.2, -0.15) is 0 Å². The van der Waals surface area contributed by atoms with Crippen LogP contribution in [0, 0.1) is 10.1 Å². The third-order valence-corrected chi connectivity index (χ3v) is 5.93. The number of ether oxygens (including phenoxy) is 4. The third kappa shape index (κ3) is 5.22. The normalized spacial score (nSPS) is 11.6. The number of amides is 1. The van der Waals surface area contributed by atoms with E-state index in [1.165, 1.54) is 0 Å². The molecule has 1 aliphatic rings. The maximum Gasteiger partial charge on any atom is 0.350 e. The molecule has 1 aliphatic heterocycles. The second-order valence-electron chi connectivity index (χ2n) is 7.04. The zero-order valence-corrected chi connectivity index (χ0v) is 19.1. The van der Waals surface area contributed by atoms with Crippen LogP contribution in [0.2, 0.25) is 0 Å². The highest BCUT2D eigenvalue weighted by Crippen LogP contribution is 2.38. The first kappa shape index (κ1) is 23.7. The predicted molar refractivity (Wildman–Crippen MR) is 124 cm³/mol. The van der Waals surface area contributed by atoms with Crippen molar-refractivity contribution in [3.63, 3.8) is 0 Å². The van der Waals surface area contributed by atoms with E-state index in [1.54, 1.807) is 13.0 Å². The minimum absolute atomic E-state index is 0.129. The number of anilines is 1. The lowest BCUT2D eigenvalue weighted by Gasteiger charge is -2.08. The standard InChI is InChI=1S/C23H18N2O9S/c1-2-31-23(28)21-15(9-19(35-21)13-6-4-3-5-7-13)24-20(26)11-32-22(27)14-8-17-18(34-12-33-17)10-16(14)25(29)30/h3-10H,2,11-12H2,1H3,(H,24,26). The van der Waals surface area contributed by atoms with Crippen LogP contribution >= 0.6 is 11.3 Å². The van der Waals surface area contributed by atoms with E-state index in [-0.39, 0.29) is 41.0 Å². The SMILES string of the molecule is CCOC(=O)c1sc(-c2ccccc2)cc1NC(=O)COC(=O)c1cc2c(cc1[N+](=O)[O-])OCO2. The monoisotopic (exact) mass is 498 g/mol. The van der Waals surface area contributed by atoms with Crippen molar-refractivity contribution in [3.8, 4) is 21.9 Å². The number of rotatable bonds is 8. The summed E-state index contributed by atoms with van der Waals surface area (Å²) in [6.07, 6.45) is 0. The van der Waals surface area contributed by atoms with E-state index in [1.807, 2.05) is 30.3 Å². The fraction of sp³-hybridized carbons (Fsp3) is 0.174. The van der Waals surface area contributed by atoms with Gasteiger partial charge in [-0.25, -0.2) is 9.59 Å². The van der Waals surface area contributed by atoms with Crippen molar-refractivity contribution in [1.82, 2.24) is 0 Å². The molecule has 0 bridgehead atoms. The molecule has 12 heteroatoms. The van der Waals surface area contributed by atoms with Gasteiger partial charge in [-0.3, -0.25) is 14.9 Å². The molecule has 3 aromatic rings. The number of nitro groups is 1. The van der Waals surface area contributed by atoms with Crippen molar-refractivity contribution >= 4 is 40.6 Å². The van der Waals surface area contributed by atoms with E-state index in [0.29, 0.717) is 0 Å². The molecular weight excluding hydrogens is 480 g/mol. The van der Waals surface area contributed by atoms with Crippen LogP contribution in [0.25, 0.3) is 10.4 Å². The number of fused-ring (bicyclic) bond motifs is 1. The molecule has 0 spiro atoms. The summed E-state index contributed by atoms with van der Waals surface area (Å²) in [5.41, 5.74) is 0.100. The van der Waals surface area contributed by atoms with E-state index in [2.05, 4.69) is 5.32 Å². The fourth-order valence-corrected chi connectivity index (χ4v) is 4.23. The van der Waals surface area contributed by atoms with Gasteiger partial charge in [0, 0.05) is 10.9 Å². The van der Waals surface area contributed by atoms with Crippen LogP contribution in [-0.4, -0.2) is 42.8 Å². The second kappa shape index (κ2) is 10.2. The van der Waals surface area contributed by atoms with E-state index >= 15 is 0 Å². The molecule has 1 N–H and O–H groups in total. The molecule has 1 amide bonds. The minimum atomic E-state index is -1.09. The van der Waals surface area contributed by atoms with Crippen molar-refractivity contribution in [2.75, 3.05) is 25.3 Å². The maximum atomic E-state index is 12.5. The number of nitrogens with one attached hydrogen (secondary N) is 1. The first-order valence-electron chi connectivity index (χ1n) is 10.3. The average Bonchev–Trinajstić information content (AvgIpc) is 3.49. The zero-order chi connectivity index (χ0) is 24.9. The van der Waals surface area contributed by atoms with E-state index < -0.39 is 35.1 Å². The minimum Gasteiger partial charge on any atom is -0.462 e. The van der Waals surface area contributed by atoms with E-state index in [9.17, 15) is 24.5 Å². The molecule has 35 heavy (non-hydrogen) atoms. The Balaban J connectivity index is 1.49. The van der Waals surface area contributed by atoms with Crippen molar-refractivity contribution in [2.45, 2.75) is 6.92 Å². The topological polar surface area (TPSA) is 143 Å². The Morgan fingerprint density at radius 2 is 1.77 bits per heavy atom. The number of carbonyl (C=O) groups excluding carboxylic acids is 3. The summed E-state index contributed by atoms with van der Waals surface area (Å²) in [6, 6.07) is 13.0. The smallest absolute Gasteiger partial charge is 0.350 e. The molecule has 0 fully saturated rings. The summed E-state index contributed by atoms with van der Waals surface area (Å²) in [5, 5.41) is 13.9. The predicted octanol–water partition coefficient (Wildman–Crippen LogP) is 4.02. The molecular formula is C23H18N2O9S. The molecule has 0 saturated carbocycles. The van der Waals surface area contributed by atoms with Gasteiger partial charge in [-0.15, -0.1) is 11.3 Å². The average molecular weight is 498 g/mol. The number of esters is 2. The molecule has 0 radical (unpaired) electrons. The van der Waals surface area contributed by atoms with Gasteiger partial charge in [0.1, 0.15) is 10.4 Å².